The molecule has 0 spiro atoms. The van der Waals surface area contributed by atoms with Crippen LogP contribution in [0.2, 0.25) is 0 Å². The van der Waals surface area contributed by atoms with Gasteiger partial charge in [0.1, 0.15) is 6.10 Å². The molecule has 0 amide bonds. The Hall–Kier alpha value is 0.0900. The van der Waals surface area contributed by atoms with Crippen molar-refractivity contribution in [1.29, 1.82) is 0 Å². The van der Waals surface area contributed by atoms with E-state index in [9.17, 15) is 13.5 Å². The molecule has 0 aliphatic heterocycles. The van der Waals surface area contributed by atoms with Gasteiger partial charge in [-0.2, -0.15) is 0 Å². The van der Waals surface area contributed by atoms with E-state index in [1.807, 2.05) is 0 Å². The predicted octanol–water partition coefficient (Wildman–Crippen LogP) is 2.21. The highest BCUT2D eigenvalue weighted by molar-refractivity contribution is 9.27. The maximum atomic E-state index is 11.4. The molecule has 3 nitrogen and oxygen atoms in total. The smallest absolute Gasteiger partial charge is 0.210 e. The van der Waals surface area contributed by atoms with E-state index in [1.165, 1.54) is 0 Å². The van der Waals surface area contributed by atoms with E-state index in [2.05, 4.69) is 31.9 Å². The van der Waals surface area contributed by atoms with Crippen LogP contribution in [0.25, 0.3) is 0 Å². The van der Waals surface area contributed by atoms with Gasteiger partial charge >= 0.3 is 0 Å². The molecule has 0 aromatic heterocycles. The summed E-state index contributed by atoms with van der Waals surface area (Å²) in [5.74, 6) is 0. The second-order valence-corrected chi connectivity index (χ2v) is 9.95. The van der Waals surface area contributed by atoms with Crippen molar-refractivity contribution in [2.24, 2.45) is 0 Å². The quantitative estimate of drug-likeness (QED) is 0.844. The Morgan fingerprint density at radius 1 is 1.27 bits per heavy atom. The summed E-state index contributed by atoms with van der Waals surface area (Å²) in [6.45, 7) is 0. The fourth-order valence-electron chi connectivity index (χ4n) is 1.03. The van der Waals surface area contributed by atoms with Gasteiger partial charge < -0.3 is 5.11 Å². The maximum absolute atomic E-state index is 11.4. The van der Waals surface area contributed by atoms with E-state index in [-0.39, 0.29) is 0 Å². The zero-order valence-corrected chi connectivity index (χ0v) is 11.9. The van der Waals surface area contributed by atoms with Crippen LogP contribution < -0.4 is 0 Å². The average molecular weight is 358 g/mol. The predicted molar refractivity (Wildman–Crippen MR) is 66.8 cm³/mol. The Kier molecular flexibility index (Phi) is 3.97. The van der Waals surface area contributed by atoms with Crippen molar-refractivity contribution in [3.8, 4) is 0 Å². The Morgan fingerprint density at radius 3 is 2.13 bits per heavy atom. The standard InChI is InChI=1S/C9H10Br2O3S/c1-15(13,14)9(10,11)8(12)7-5-3-2-4-6-7/h2-6,8,12H,1H3. The van der Waals surface area contributed by atoms with Crippen LogP contribution in [0.1, 0.15) is 11.7 Å². The van der Waals surface area contributed by atoms with E-state index in [4.69, 9.17) is 0 Å². The molecular weight excluding hydrogens is 348 g/mol. The van der Waals surface area contributed by atoms with Gasteiger partial charge in [-0.25, -0.2) is 8.42 Å². The van der Waals surface area contributed by atoms with Gasteiger partial charge in [0.15, 0.2) is 9.84 Å². The number of sulfone groups is 1. The molecule has 0 saturated heterocycles. The lowest BCUT2D eigenvalue weighted by molar-refractivity contribution is 0.189. The lowest BCUT2D eigenvalue weighted by atomic mass is 10.1. The minimum absolute atomic E-state index is 0.525. The molecule has 0 saturated carbocycles. The van der Waals surface area contributed by atoms with Gasteiger partial charge in [0.05, 0.1) is 0 Å². The van der Waals surface area contributed by atoms with E-state index in [0.29, 0.717) is 5.56 Å². The zero-order chi connectivity index (χ0) is 11.7. The van der Waals surface area contributed by atoms with Crippen LogP contribution in [0.15, 0.2) is 30.3 Å². The lowest BCUT2D eigenvalue weighted by Crippen LogP contribution is -2.31. The molecule has 84 valence electrons. The normalized spacial score (nSPS) is 14.9. The molecule has 1 aromatic rings. The summed E-state index contributed by atoms with van der Waals surface area (Å²) >= 11 is 5.97. The van der Waals surface area contributed by atoms with Gasteiger partial charge in [0, 0.05) is 6.26 Å². The second-order valence-electron chi connectivity index (χ2n) is 3.15. The first-order valence-corrected chi connectivity index (χ1v) is 7.55. The van der Waals surface area contributed by atoms with E-state index >= 15 is 0 Å². The summed E-state index contributed by atoms with van der Waals surface area (Å²) in [6, 6.07) is 8.58. The van der Waals surface area contributed by atoms with E-state index < -0.39 is 18.5 Å². The largest absolute Gasteiger partial charge is 0.385 e. The fraction of sp³-hybridized carbons (Fsp3) is 0.333. The zero-order valence-electron chi connectivity index (χ0n) is 7.89. The molecule has 6 heteroatoms. The molecule has 15 heavy (non-hydrogen) atoms. The van der Waals surface area contributed by atoms with Crippen molar-refractivity contribution in [3.05, 3.63) is 35.9 Å². The summed E-state index contributed by atoms with van der Waals surface area (Å²) < 4.78 is 21.3. The molecule has 0 radical (unpaired) electrons. The first-order valence-electron chi connectivity index (χ1n) is 4.07. The van der Waals surface area contributed by atoms with E-state index in [1.54, 1.807) is 30.3 Å². The molecule has 0 fully saturated rings. The highest BCUT2D eigenvalue weighted by atomic mass is 79.9. The topological polar surface area (TPSA) is 54.4 Å². The number of halogens is 2. The number of hydrogen-bond donors (Lipinski definition) is 1. The van der Waals surface area contributed by atoms with Crippen molar-refractivity contribution in [1.82, 2.24) is 0 Å². The summed E-state index contributed by atoms with van der Waals surface area (Å²) in [7, 11) is -3.47. The van der Waals surface area contributed by atoms with Crippen LogP contribution in [-0.4, -0.2) is 22.3 Å². The highest BCUT2D eigenvalue weighted by Crippen LogP contribution is 2.43. The Morgan fingerprint density at radius 2 is 1.73 bits per heavy atom. The number of aliphatic hydroxyl groups excluding tert-OH is 1. The third-order valence-corrected chi connectivity index (χ3v) is 7.54. The average Bonchev–Trinajstić information content (AvgIpc) is 2.16. The van der Waals surface area contributed by atoms with Gasteiger partial charge in [0.25, 0.3) is 0 Å². The Balaban J connectivity index is 3.11. The first kappa shape index (κ1) is 13.2. The Labute approximate surface area is 106 Å². The first-order chi connectivity index (χ1) is 6.77. The van der Waals surface area contributed by atoms with Crippen LogP contribution in [-0.2, 0) is 9.84 Å². The van der Waals surface area contributed by atoms with Crippen LogP contribution in [0.3, 0.4) is 0 Å². The summed E-state index contributed by atoms with van der Waals surface area (Å²) in [5.41, 5.74) is 0.525. The number of alkyl halides is 2. The Bertz CT molecular complexity index is 428. The van der Waals surface area contributed by atoms with Crippen LogP contribution in [0, 0.1) is 0 Å². The van der Waals surface area contributed by atoms with Gasteiger partial charge in [-0.05, 0) is 5.56 Å². The van der Waals surface area contributed by atoms with Crippen molar-refractivity contribution in [2.75, 3.05) is 6.26 Å². The monoisotopic (exact) mass is 356 g/mol. The third kappa shape index (κ3) is 2.81. The fourth-order valence-corrected chi connectivity index (χ4v) is 2.10. The number of hydrogen-bond acceptors (Lipinski definition) is 3. The van der Waals surface area contributed by atoms with Crippen LogP contribution >= 0.6 is 31.9 Å². The molecule has 1 atom stereocenters. The second kappa shape index (κ2) is 4.53. The van der Waals surface area contributed by atoms with Gasteiger partial charge in [-0.15, -0.1) is 0 Å². The molecule has 0 heterocycles. The van der Waals surface area contributed by atoms with Gasteiger partial charge in [-0.3, -0.25) is 0 Å². The molecule has 1 unspecified atom stereocenters. The minimum Gasteiger partial charge on any atom is -0.385 e. The van der Waals surface area contributed by atoms with Crippen LogP contribution in [0.4, 0.5) is 0 Å². The molecule has 1 N–H and O–H groups in total. The molecular formula is C9H10Br2O3S. The van der Waals surface area contributed by atoms with Gasteiger partial charge in [0.2, 0.25) is 2.57 Å². The van der Waals surface area contributed by atoms with Crippen molar-refractivity contribution < 1.29 is 13.5 Å². The summed E-state index contributed by atoms with van der Waals surface area (Å²) in [6.07, 6.45) is -0.128. The van der Waals surface area contributed by atoms with Crippen molar-refractivity contribution >= 4 is 41.7 Å². The SMILES string of the molecule is CS(=O)(=O)C(Br)(Br)C(O)c1ccccc1. The van der Waals surface area contributed by atoms with Gasteiger partial charge in [-0.1, -0.05) is 62.2 Å². The lowest BCUT2D eigenvalue weighted by Gasteiger charge is -2.24. The van der Waals surface area contributed by atoms with E-state index in [0.717, 1.165) is 6.26 Å². The molecule has 1 rings (SSSR count). The summed E-state index contributed by atoms with van der Waals surface area (Å²) in [4.78, 5) is 0. The molecule has 0 aliphatic carbocycles. The van der Waals surface area contributed by atoms with Crippen molar-refractivity contribution in [3.63, 3.8) is 0 Å². The summed E-state index contributed by atoms with van der Waals surface area (Å²) in [5, 5.41) is 9.91. The third-order valence-electron chi connectivity index (χ3n) is 1.93. The van der Waals surface area contributed by atoms with Crippen LogP contribution in [0.5, 0.6) is 0 Å². The number of aliphatic hydroxyl groups is 1. The number of benzene rings is 1. The molecule has 0 aliphatic rings. The number of rotatable bonds is 3. The highest BCUT2D eigenvalue weighted by Gasteiger charge is 2.43. The molecule has 0 bridgehead atoms. The maximum Gasteiger partial charge on any atom is 0.210 e. The minimum atomic E-state index is -3.47. The van der Waals surface area contributed by atoms with Crippen molar-refractivity contribution in [2.45, 2.75) is 8.67 Å². The molecule has 1 aromatic carbocycles.